The molecule has 0 unspecified atom stereocenters. The van der Waals surface area contributed by atoms with Gasteiger partial charge in [0.2, 0.25) is 0 Å². The number of piperidine rings is 1. The number of rotatable bonds is 4. The number of hydrogen-bond donors (Lipinski definition) is 1. The molecule has 0 amide bonds. The Labute approximate surface area is 120 Å². The van der Waals surface area contributed by atoms with Crippen molar-refractivity contribution in [1.29, 1.82) is 0 Å². The van der Waals surface area contributed by atoms with Gasteiger partial charge in [-0.2, -0.15) is 0 Å². The van der Waals surface area contributed by atoms with Crippen molar-refractivity contribution in [2.24, 2.45) is 0 Å². The van der Waals surface area contributed by atoms with Crippen LogP contribution in [0, 0.1) is 0 Å². The minimum absolute atomic E-state index is 0.695. The zero-order chi connectivity index (χ0) is 13.8. The summed E-state index contributed by atoms with van der Waals surface area (Å²) in [5.41, 5.74) is 1.11. The first-order valence-electron chi connectivity index (χ1n) is 6.82. The molecule has 0 atom stereocenters. The summed E-state index contributed by atoms with van der Waals surface area (Å²) >= 11 is 6.15. The highest BCUT2D eigenvalue weighted by molar-refractivity contribution is 6.31. The van der Waals surface area contributed by atoms with Crippen LogP contribution in [0.5, 0.6) is 0 Å². The van der Waals surface area contributed by atoms with Gasteiger partial charge in [0.15, 0.2) is 0 Å². The molecule has 1 aromatic rings. The van der Waals surface area contributed by atoms with Gasteiger partial charge in [0.1, 0.15) is 5.82 Å². The van der Waals surface area contributed by atoms with Crippen molar-refractivity contribution in [2.75, 3.05) is 39.1 Å². The topological polar surface area (TPSA) is 31.4 Å². The maximum Gasteiger partial charge on any atom is 0.128 e. The third kappa shape index (κ3) is 3.59. The quantitative estimate of drug-likeness (QED) is 0.915. The molecule has 1 fully saturated rings. The van der Waals surface area contributed by atoms with Crippen LogP contribution >= 0.6 is 11.6 Å². The van der Waals surface area contributed by atoms with E-state index in [4.69, 9.17) is 11.6 Å². The number of nitrogens with one attached hydrogen (secondary N) is 1. The molecular weight excluding hydrogens is 260 g/mol. The van der Waals surface area contributed by atoms with E-state index < -0.39 is 0 Å². The third-order valence-electron chi connectivity index (χ3n) is 3.81. The number of aromatic nitrogens is 1. The average molecular weight is 283 g/mol. The zero-order valence-corrected chi connectivity index (χ0v) is 12.7. The summed E-state index contributed by atoms with van der Waals surface area (Å²) in [6.07, 6.45) is 4.15. The van der Waals surface area contributed by atoms with Gasteiger partial charge in [-0.1, -0.05) is 11.6 Å². The third-order valence-corrected chi connectivity index (χ3v) is 4.15. The Bertz CT molecular complexity index is 414. The van der Waals surface area contributed by atoms with Crippen LogP contribution in [0.15, 0.2) is 12.3 Å². The molecule has 4 nitrogen and oxygen atoms in total. The van der Waals surface area contributed by atoms with E-state index in [1.54, 1.807) is 6.20 Å². The van der Waals surface area contributed by atoms with Crippen LogP contribution in [0.1, 0.15) is 18.4 Å². The molecule has 1 aliphatic rings. The van der Waals surface area contributed by atoms with E-state index in [2.05, 4.69) is 40.3 Å². The van der Waals surface area contributed by atoms with Gasteiger partial charge in [0, 0.05) is 31.9 Å². The van der Waals surface area contributed by atoms with E-state index in [0.29, 0.717) is 6.04 Å². The summed E-state index contributed by atoms with van der Waals surface area (Å²) in [5.74, 6) is 1.05. The Balaban J connectivity index is 2.05. The molecular formula is C14H23ClN4. The number of nitrogens with zero attached hydrogens (tertiary/aromatic N) is 3. The summed E-state index contributed by atoms with van der Waals surface area (Å²) in [4.78, 5) is 9.14. The van der Waals surface area contributed by atoms with E-state index in [1.165, 1.54) is 12.8 Å². The predicted octanol–water partition coefficient (Wildman–Crippen LogP) is 1.98. The Morgan fingerprint density at radius 3 is 2.68 bits per heavy atom. The van der Waals surface area contributed by atoms with Crippen LogP contribution in [0.3, 0.4) is 0 Å². The van der Waals surface area contributed by atoms with Crippen molar-refractivity contribution in [2.45, 2.75) is 25.4 Å². The van der Waals surface area contributed by atoms with Gasteiger partial charge in [-0.25, -0.2) is 4.98 Å². The van der Waals surface area contributed by atoms with Crippen molar-refractivity contribution in [1.82, 2.24) is 15.2 Å². The average Bonchev–Trinajstić information content (AvgIpc) is 2.41. The highest BCUT2D eigenvalue weighted by Gasteiger charge is 2.21. The largest absolute Gasteiger partial charge is 0.356 e. The van der Waals surface area contributed by atoms with Gasteiger partial charge < -0.3 is 15.1 Å². The molecule has 0 aliphatic carbocycles. The van der Waals surface area contributed by atoms with Gasteiger partial charge in [-0.05, 0) is 45.6 Å². The highest BCUT2D eigenvalue weighted by Crippen LogP contribution is 2.24. The Morgan fingerprint density at radius 2 is 2.11 bits per heavy atom. The summed E-state index contributed by atoms with van der Waals surface area (Å²) in [6.45, 7) is 2.91. The monoisotopic (exact) mass is 282 g/mol. The molecule has 2 heterocycles. The van der Waals surface area contributed by atoms with Gasteiger partial charge >= 0.3 is 0 Å². The standard InChI is InChI=1S/C14H23ClN4/c1-16-9-11-8-14(17-10-13(11)15)19-6-4-12(5-7-19)18(2)3/h8,10,12,16H,4-7,9H2,1-3H3. The second kappa shape index (κ2) is 6.55. The minimum atomic E-state index is 0.695. The number of hydrogen-bond acceptors (Lipinski definition) is 4. The van der Waals surface area contributed by atoms with Crippen LogP contribution in [-0.4, -0.2) is 50.2 Å². The van der Waals surface area contributed by atoms with Gasteiger partial charge in [-0.3, -0.25) is 0 Å². The summed E-state index contributed by atoms with van der Waals surface area (Å²) in [5, 5.41) is 3.88. The summed E-state index contributed by atoms with van der Waals surface area (Å²) < 4.78 is 0. The molecule has 5 heteroatoms. The molecule has 106 valence electrons. The van der Waals surface area contributed by atoms with E-state index in [1.807, 2.05) is 7.05 Å². The molecule has 0 radical (unpaired) electrons. The first-order valence-corrected chi connectivity index (χ1v) is 7.20. The molecule has 0 saturated carbocycles. The van der Waals surface area contributed by atoms with Gasteiger partial charge in [-0.15, -0.1) is 0 Å². The smallest absolute Gasteiger partial charge is 0.128 e. The van der Waals surface area contributed by atoms with E-state index in [9.17, 15) is 0 Å². The van der Waals surface area contributed by atoms with Gasteiger partial charge in [0.05, 0.1) is 5.02 Å². The molecule has 2 rings (SSSR count). The van der Waals surface area contributed by atoms with Gasteiger partial charge in [0.25, 0.3) is 0 Å². The fraction of sp³-hybridized carbons (Fsp3) is 0.643. The zero-order valence-electron chi connectivity index (χ0n) is 12.0. The first kappa shape index (κ1) is 14.6. The number of halogens is 1. The minimum Gasteiger partial charge on any atom is -0.356 e. The Morgan fingerprint density at radius 1 is 1.42 bits per heavy atom. The highest BCUT2D eigenvalue weighted by atomic mass is 35.5. The normalized spacial score (nSPS) is 17.2. The molecule has 1 aliphatic heterocycles. The van der Waals surface area contributed by atoms with Crippen molar-refractivity contribution >= 4 is 17.4 Å². The maximum absolute atomic E-state index is 6.15. The first-order chi connectivity index (χ1) is 9.11. The van der Waals surface area contributed by atoms with Crippen molar-refractivity contribution in [3.8, 4) is 0 Å². The van der Waals surface area contributed by atoms with Crippen LogP contribution in [0.4, 0.5) is 5.82 Å². The lowest BCUT2D eigenvalue weighted by Gasteiger charge is -2.36. The van der Waals surface area contributed by atoms with Crippen molar-refractivity contribution < 1.29 is 0 Å². The molecule has 0 bridgehead atoms. The SMILES string of the molecule is CNCc1cc(N2CCC(N(C)C)CC2)ncc1Cl. The molecule has 1 saturated heterocycles. The second-order valence-electron chi connectivity index (χ2n) is 5.35. The Kier molecular flexibility index (Phi) is 5.02. The summed E-state index contributed by atoms with van der Waals surface area (Å²) in [7, 11) is 6.25. The lowest BCUT2D eigenvalue weighted by molar-refractivity contribution is 0.249. The van der Waals surface area contributed by atoms with E-state index in [0.717, 1.165) is 36.0 Å². The number of pyridine rings is 1. The van der Waals surface area contributed by atoms with Crippen LogP contribution in [0.25, 0.3) is 0 Å². The van der Waals surface area contributed by atoms with Crippen LogP contribution in [-0.2, 0) is 6.54 Å². The lowest BCUT2D eigenvalue weighted by Crippen LogP contribution is -2.42. The van der Waals surface area contributed by atoms with E-state index >= 15 is 0 Å². The molecule has 1 aromatic heterocycles. The molecule has 19 heavy (non-hydrogen) atoms. The number of anilines is 1. The Hall–Kier alpha value is -0.840. The van der Waals surface area contributed by atoms with Crippen molar-refractivity contribution in [3.05, 3.63) is 22.8 Å². The van der Waals surface area contributed by atoms with Crippen molar-refractivity contribution in [3.63, 3.8) is 0 Å². The van der Waals surface area contributed by atoms with Crippen LogP contribution in [0.2, 0.25) is 5.02 Å². The predicted molar refractivity (Wildman–Crippen MR) is 80.9 cm³/mol. The molecule has 0 spiro atoms. The summed E-state index contributed by atoms with van der Waals surface area (Å²) in [6, 6.07) is 2.80. The lowest BCUT2D eigenvalue weighted by atomic mass is 10.0. The molecule has 1 N–H and O–H groups in total. The fourth-order valence-electron chi connectivity index (χ4n) is 2.58. The van der Waals surface area contributed by atoms with Crippen LogP contribution < -0.4 is 10.2 Å². The second-order valence-corrected chi connectivity index (χ2v) is 5.75. The fourth-order valence-corrected chi connectivity index (χ4v) is 2.75. The van der Waals surface area contributed by atoms with E-state index in [-0.39, 0.29) is 0 Å². The maximum atomic E-state index is 6.15. The molecule has 0 aromatic carbocycles.